The summed E-state index contributed by atoms with van der Waals surface area (Å²) in [6.45, 7) is 19.4. The lowest BCUT2D eigenvalue weighted by molar-refractivity contribution is -0.0564. The van der Waals surface area contributed by atoms with E-state index in [0.29, 0.717) is 16.5 Å². The molecule has 1 saturated heterocycles. The Morgan fingerprint density at radius 1 is 0.833 bits per heavy atom. The lowest BCUT2D eigenvalue weighted by atomic mass is 9.74. The van der Waals surface area contributed by atoms with Gasteiger partial charge in [-0.05, 0) is 45.4 Å². The van der Waals surface area contributed by atoms with Gasteiger partial charge < -0.3 is 0 Å². The Balaban J connectivity index is 1.94. The molecule has 0 N–H and O–H groups in total. The Hall–Kier alpha value is -0.0800. The van der Waals surface area contributed by atoms with Crippen molar-refractivity contribution in [2.75, 3.05) is 26.2 Å². The van der Waals surface area contributed by atoms with E-state index >= 15 is 0 Å². The molecular weight excluding hydrogens is 220 g/mol. The zero-order chi connectivity index (χ0) is 13.6. The van der Waals surface area contributed by atoms with Crippen molar-refractivity contribution >= 4 is 0 Å². The third-order valence-electron chi connectivity index (χ3n) is 6.10. The molecule has 2 heteroatoms. The van der Waals surface area contributed by atoms with E-state index in [1.165, 1.54) is 45.4 Å². The first kappa shape index (κ1) is 14.3. The first-order valence-corrected chi connectivity index (χ1v) is 7.67. The molecule has 2 nitrogen and oxygen atoms in total. The van der Waals surface area contributed by atoms with Crippen molar-refractivity contribution in [2.45, 2.75) is 71.9 Å². The van der Waals surface area contributed by atoms with Crippen molar-refractivity contribution in [2.24, 2.45) is 5.41 Å². The van der Waals surface area contributed by atoms with Gasteiger partial charge in [0.15, 0.2) is 0 Å². The average molecular weight is 252 g/mol. The quantitative estimate of drug-likeness (QED) is 0.743. The van der Waals surface area contributed by atoms with E-state index in [1.807, 2.05) is 0 Å². The highest BCUT2D eigenvalue weighted by atomic mass is 15.3. The topological polar surface area (TPSA) is 6.48 Å². The van der Waals surface area contributed by atoms with Crippen LogP contribution in [0.5, 0.6) is 0 Å². The number of rotatable bonds is 2. The summed E-state index contributed by atoms with van der Waals surface area (Å²) >= 11 is 0. The molecule has 106 valence electrons. The maximum atomic E-state index is 2.74. The summed E-state index contributed by atoms with van der Waals surface area (Å²) < 4.78 is 0. The van der Waals surface area contributed by atoms with E-state index in [9.17, 15) is 0 Å². The summed E-state index contributed by atoms with van der Waals surface area (Å²) in [7, 11) is 0. The monoisotopic (exact) mass is 252 g/mol. The molecule has 0 unspecified atom stereocenters. The molecule has 1 aliphatic carbocycles. The van der Waals surface area contributed by atoms with Gasteiger partial charge in [0.25, 0.3) is 0 Å². The van der Waals surface area contributed by atoms with Crippen molar-refractivity contribution in [3.05, 3.63) is 0 Å². The van der Waals surface area contributed by atoms with E-state index in [1.54, 1.807) is 0 Å². The molecule has 0 aromatic carbocycles. The minimum atomic E-state index is 0.291. The van der Waals surface area contributed by atoms with Crippen LogP contribution in [-0.4, -0.2) is 47.1 Å². The Kier molecular flexibility index (Phi) is 3.57. The average Bonchev–Trinajstić information content (AvgIpc) is 2.24. The van der Waals surface area contributed by atoms with Gasteiger partial charge in [-0.25, -0.2) is 0 Å². The molecule has 1 aliphatic heterocycles. The first-order valence-electron chi connectivity index (χ1n) is 7.67. The Morgan fingerprint density at radius 3 is 1.67 bits per heavy atom. The van der Waals surface area contributed by atoms with E-state index in [-0.39, 0.29) is 0 Å². The Morgan fingerprint density at radius 2 is 1.33 bits per heavy atom. The van der Waals surface area contributed by atoms with Gasteiger partial charge in [0.2, 0.25) is 0 Å². The summed E-state index contributed by atoms with van der Waals surface area (Å²) in [5, 5.41) is 0. The van der Waals surface area contributed by atoms with Gasteiger partial charge >= 0.3 is 0 Å². The molecule has 2 rings (SSSR count). The van der Waals surface area contributed by atoms with Crippen LogP contribution in [0.3, 0.4) is 0 Å². The zero-order valence-corrected chi connectivity index (χ0v) is 13.3. The summed E-state index contributed by atoms with van der Waals surface area (Å²) in [5.41, 5.74) is 1.17. The molecule has 1 heterocycles. The maximum absolute atomic E-state index is 2.74. The van der Waals surface area contributed by atoms with Gasteiger partial charge in [-0.1, -0.05) is 20.8 Å². The molecule has 0 aromatic heterocycles. The van der Waals surface area contributed by atoms with Gasteiger partial charge in [-0.15, -0.1) is 0 Å². The molecule has 0 atom stereocenters. The smallest absolute Gasteiger partial charge is 0.0202 e. The molecule has 2 fully saturated rings. The van der Waals surface area contributed by atoms with Crippen LogP contribution in [0.1, 0.15) is 60.8 Å². The second kappa shape index (κ2) is 4.49. The largest absolute Gasteiger partial charge is 0.295 e. The first-order chi connectivity index (χ1) is 8.17. The van der Waals surface area contributed by atoms with Crippen LogP contribution in [0.4, 0.5) is 0 Å². The van der Waals surface area contributed by atoms with E-state index < -0.39 is 0 Å². The fraction of sp³-hybridized carbons (Fsp3) is 1.00. The fourth-order valence-electron chi connectivity index (χ4n) is 3.28. The van der Waals surface area contributed by atoms with Gasteiger partial charge in [-0.2, -0.15) is 0 Å². The number of nitrogens with zero attached hydrogens (tertiary/aromatic N) is 2. The molecule has 18 heavy (non-hydrogen) atoms. The van der Waals surface area contributed by atoms with E-state index in [0.717, 1.165) is 0 Å². The van der Waals surface area contributed by atoms with Crippen LogP contribution in [0.2, 0.25) is 0 Å². The molecule has 0 radical (unpaired) electrons. The summed E-state index contributed by atoms with van der Waals surface area (Å²) in [6.07, 6.45) is 4.26. The third-order valence-corrected chi connectivity index (χ3v) is 6.10. The van der Waals surface area contributed by atoms with Crippen molar-refractivity contribution in [1.82, 2.24) is 9.80 Å². The van der Waals surface area contributed by atoms with Crippen LogP contribution < -0.4 is 0 Å². The fourth-order valence-corrected chi connectivity index (χ4v) is 3.28. The molecule has 0 bridgehead atoms. The van der Waals surface area contributed by atoms with Gasteiger partial charge in [-0.3, -0.25) is 9.80 Å². The standard InChI is InChI=1S/C16H32N2/c1-14(2,3)15(4,5)17-10-12-18(13-11-17)16(6)8-7-9-16/h7-13H2,1-6H3. The highest BCUT2D eigenvalue weighted by Crippen LogP contribution is 2.40. The van der Waals surface area contributed by atoms with Crippen molar-refractivity contribution in [3.63, 3.8) is 0 Å². The minimum Gasteiger partial charge on any atom is -0.295 e. The normalized spacial score (nSPS) is 27.0. The second-order valence-corrected chi connectivity index (χ2v) is 8.13. The van der Waals surface area contributed by atoms with Crippen molar-refractivity contribution in [1.29, 1.82) is 0 Å². The predicted molar refractivity (Wildman–Crippen MR) is 78.9 cm³/mol. The minimum absolute atomic E-state index is 0.291. The van der Waals surface area contributed by atoms with Crippen molar-refractivity contribution in [3.8, 4) is 0 Å². The van der Waals surface area contributed by atoms with Crippen LogP contribution in [0.15, 0.2) is 0 Å². The predicted octanol–water partition coefficient (Wildman–Crippen LogP) is 3.37. The van der Waals surface area contributed by atoms with E-state index in [2.05, 4.69) is 51.3 Å². The molecule has 0 amide bonds. The van der Waals surface area contributed by atoms with Crippen molar-refractivity contribution < 1.29 is 0 Å². The second-order valence-electron chi connectivity index (χ2n) is 8.13. The van der Waals surface area contributed by atoms with E-state index in [4.69, 9.17) is 0 Å². The summed E-state index contributed by atoms with van der Waals surface area (Å²) in [5.74, 6) is 0. The molecule has 0 spiro atoms. The van der Waals surface area contributed by atoms with Gasteiger partial charge in [0.05, 0.1) is 0 Å². The lowest BCUT2D eigenvalue weighted by Gasteiger charge is -2.55. The van der Waals surface area contributed by atoms with Crippen LogP contribution in [0, 0.1) is 5.41 Å². The molecule has 2 aliphatic rings. The lowest BCUT2D eigenvalue weighted by Crippen LogP contribution is -2.63. The van der Waals surface area contributed by atoms with Crippen LogP contribution in [0.25, 0.3) is 0 Å². The number of hydrogen-bond acceptors (Lipinski definition) is 2. The summed E-state index contributed by atoms with van der Waals surface area (Å²) in [4.78, 5) is 5.44. The van der Waals surface area contributed by atoms with Gasteiger partial charge in [0.1, 0.15) is 0 Å². The van der Waals surface area contributed by atoms with Gasteiger partial charge in [0, 0.05) is 37.3 Å². The molecule has 1 saturated carbocycles. The Bertz CT molecular complexity index is 289. The summed E-state index contributed by atoms with van der Waals surface area (Å²) in [6, 6.07) is 0. The number of hydrogen-bond donors (Lipinski definition) is 0. The molecule has 0 aromatic rings. The highest BCUT2D eigenvalue weighted by molar-refractivity contribution is 4.99. The number of piperazine rings is 1. The highest BCUT2D eigenvalue weighted by Gasteiger charge is 2.43. The SMILES string of the molecule is CC1(N2CCN(C(C)(C)C(C)(C)C)CC2)CCC1. The van der Waals surface area contributed by atoms with Crippen LogP contribution >= 0.6 is 0 Å². The molecular formula is C16H32N2. The zero-order valence-electron chi connectivity index (χ0n) is 13.3. The third kappa shape index (κ3) is 2.34. The van der Waals surface area contributed by atoms with Crippen LogP contribution in [-0.2, 0) is 0 Å². The maximum Gasteiger partial charge on any atom is 0.0202 e. The Labute approximate surface area is 114 Å².